The molecule has 0 aliphatic rings. The van der Waals surface area contributed by atoms with Crippen LogP contribution in [0.3, 0.4) is 0 Å². The van der Waals surface area contributed by atoms with E-state index in [1.54, 1.807) is 11.3 Å². The third-order valence-corrected chi connectivity index (χ3v) is 3.08. The smallest absolute Gasteiger partial charge is 0.136 e. The Kier molecular flexibility index (Phi) is 4.52. The molecule has 0 radical (unpaired) electrons. The maximum absolute atomic E-state index is 4.52. The number of nitrogens with zero attached hydrogens (tertiary/aromatic N) is 2. The van der Waals surface area contributed by atoms with Gasteiger partial charge in [-0.3, -0.25) is 0 Å². The van der Waals surface area contributed by atoms with E-state index >= 15 is 0 Å². The first-order valence-electron chi connectivity index (χ1n) is 6.23. The fourth-order valence-electron chi connectivity index (χ4n) is 1.65. The van der Waals surface area contributed by atoms with Crippen LogP contribution in [0, 0.1) is 0 Å². The summed E-state index contributed by atoms with van der Waals surface area (Å²) in [5, 5.41) is 10.6. The molecule has 2 aromatic rings. The lowest BCUT2D eigenvalue weighted by Gasteiger charge is -2.09. The van der Waals surface area contributed by atoms with Crippen LogP contribution >= 0.6 is 11.3 Å². The highest BCUT2D eigenvalue weighted by Crippen LogP contribution is 2.19. The molecular weight excluding hydrogens is 244 g/mol. The van der Waals surface area contributed by atoms with E-state index in [9.17, 15) is 0 Å². The maximum Gasteiger partial charge on any atom is 0.136 e. The van der Waals surface area contributed by atoms with Gasteiger partial charge in [0.2, 0.25) is 0 Å². The number of aryl methyl sites for hydroxylation is 1. The predicted octanol–water partition coefficient (Wildman–Crippen LogP) is 3.67. The molecule has 0 aliphatic carbocycles. The Morgan fingerprint density at radius 3 is 2.72 bits per heavy atom. The third kappa shape index (κ3) is 3.43. The van der Waals surface area contributed by atoms with Crippen molar-refractivity contribution >= 4 is 28.7 Å². The minimum absolute atomic E-state index is 0.850. The highest BCUT2D eigenvalue weighted by molar-refractivity contribution is 7.08. The van der Waals surface area contributed by atoms with Gasteiger partial charge in [0.15, 0.2) is 0 Å². The van der Waals surface area contributed by atoms with E-state index in [2.05, 4.69) is 39.8 Å². The number of nitrogens with one attached hydrogen (secondary N) is 2. The minimum Gasteiger partial charge on any atom is -0.370 e. The van der Waals surface area contributed by atoms with Crippen LogP contribution in [-0.2, 0) is 6.42 Å². The van der Waals surface area contributed by atoms with Crippen LogP contribution in [0.2, 0.25) is 0 Å². The molecule has 2 N–H and O–H groups in total. The van der Waals surface area contributed by atoms with Crippen LogP contribution in [0.15, 0.2) is 22.9 Å². The fraction of sp³-hybridized carbons (Fsp3) is 0.385. The van der Waals surface area contributed by atoms with Gasteiger partial charge in [-0.15, -0.1) is 0 Å². The lowest BCUT2D eigenvalue weighted by molar-refractivity contribution is 0.837. The summed E-state index contributed by atoms with van der Waals surface area (Å²) in [7, 11) is 0. The van der Waals surface area contributed by atoms with Crippen molar-refractivity contribution in [2.24, 2.45) is 0 Å². The molecule has 0 atom stereocenters. The lowest BCUT2D eigenvalue weighted by atomic mass is 10.3. The Hall–Kier alpha value is -1.62. The Morgan fingerprint density at radius 1 is 1.22 bits per heavy atom. The van der Waals surface area contributed by atoms with Crippen molar-refractivity contribution in [1.29, 1.82) is 0 Å². The first kappa shape index (κ1) is 12.8. The highest BCUT2D eigenvalue weighted by Gasteiger charge is 2.04. The number of hydrogen-bond donors (Lipinski definition) is 2. The molecule has 0 aromatic carbocycles. The third-order valence-electron chi connectivity index (χ3n) is 2.40. The molecule has 4 nitrogen and oxygen atoms in total. The largest absolute Gasteiger partial charge is 0.370 e. The molecule has 2 heterocycles. The Balaban J connectivity index is 2.21. The Bertz CT molecular complexity index is 457. The van der Waals surface area contributed by atoms with Gasteiger partial charge in [0.25, 0.3) is 0 Å². The van der Waals surface area contributed by atoms with Crippen molar-refractivity contribution in [3.63, 3.8) is 0 Å². The van der Waals surface area contributed by atoms with Gasteiger partial charge in [0.1, 0.15) is 17.5 Å². The second-order valence-corrected chi connectivity index (χ2v) is 4.75. The molecule has 0 saturated heterocycles. The van der Waals surface area contributed by atoms with Crippen molar-refractivity contribution in [2.45, 2.75) is 26.7 Å². The summed E-state index contributed by atoms with van der Waals surface area (Å²) < 4.78 is 0. The van der Waals surface area contributed by atoms with E-state index < -0.39 is 0 Å². The van der Waals surface area contributed by atoms with Crippen LogP contribution in [0.25, 0.3) is 0 Å². The zero-order valence-corrected chi connectivity index (χ0v) is 11.5. The van der Waals surface area contributed by atoms with Gasteiger partial charge in [0.05, 0.1) is 5.69 Å². The summed E-state index contributed by atoms with van der Waals surface area (Å²) in [6.07, 6.45) is 1.95. The average Bonchev–Trinajstić information content (AvgIpc) is 2.82. The summed E-state index contributed by atoms with van der Waals surface area (Å²) in [5.74, 6) is 2.62. The average molecular weight is 262 g/mol. The summed E-state index contributed by atoms with van der Waals surface area (Å²) in [6, 6.07) is 3.99. The van der Waals surface area contributed by atoms with E-state index in [0.717, 1.165) is 42.5 Å². The monoisotopic (exact) mass is 262 g/mol. The highest BCUT2D eigenvalue weighted by atomic mass is 32.1. The zero-order chi connectivity index (χ0) is 12.8. The summed E-state index contributed by atoms with van der Waals surface area (Å²) in [6.45, 7) is 5.06. The van der Waals surface area contributed by atoms with Crippen LogP contribution < -0.4 is 10.6 Å². The molecule has 96 valence electrons. The van der Waals surface area contributed by atoms with E-state index in [-0.39, 0.29) is 0 Å². The molecule has 0 unspecified atom stereocenters. The van der Waals surface area contributed by atoms with Gasteiger partial charge in [-0.05, 0) is 24.8 Å². The molecule has 2 rings (SSSR count). The Labute approximate surface area is 111 Å². The number of aromatic nitrogens is 2. The second kappa shape index (κ2) is 6.35. The normalized spacial score (nSPS) is 10.3. The fourth-order valence-corrected chi connectivity index (χ4v) is 2.24. The van der Waals surface area contributed by atoms with E-state index in [0.29, 0.717) is 0 Å². The molecule has 5 heteroatoms. The van der Waals surface area contributed by atoms with Crippen LogP contribution in [0.5, 0.6) is 0 Å². The molecule has 0 spiro atoms. The first-order chi connectivity index (χ1) is 8.81. The van der Waals surface area contributed by atoms with Gasteiger partial charge < -0.3 is 10.6 Å². The van der Waals surface area contributed by atoms with Crippen LogP contribution in [0.1, 0.15) is 26.1 Å². The van der Waals surface area contributed by atoms with Gasteiger partial charge in [0, 0.05) is 24.4 Å². The van der Waals surface area contributed by atoms with Gasteiger partial charge >= 0.3 is 0 Å². The van der Waals surface area contributed by atoms with Crippen LogP contribution in [-0.4, -0.2) is 16.5 Å². The SMILES string of the molecule is CCCc1nc(NCC)cc(Nc2ccsc2)n1. The van der Waals surface area contributed by atoms with Gasteiger partial charge in [-0.1, -0.05) is 6.92 Å². The first-order valence-corrected chi connectivity index (χ1v) is 7.17. The molecule has 2 aromatic heterocycles. The van der Waals surface area contributed by atoms with E-state index in [1.807, 2.05) is 17.5 Å². The molecular formula is C13H18N4S. The minimum atomic E-state index is 0.850. The molecule has 0 saturated carbocycles. The van der Waals surface area contributed by atoms with Crippen molar-refractivity contribution in [3.05, 3.63) is 28.7 Å². The molecule has 0 bridgehead atoms. The van der Waals surface area contributed by atoms with Gasteiger partial charge in [-0.2, -0.15) is 11.3 Å². The van der Waals surface area contributed by atoms with Gasteiger partial charge in [-0.25, -0.2) is 9.97 Å². The standard InChI is InChI=1S/C13H18N4S/c1-3-5-11-16-12(14-4-2)8-13(17-11)15-10-6-7-18-9-10/h6-9H,3-5H2,1-2H3,(H2,14,15,16,17). The Morgan fingerprint density at radius 2 is 2.06 bits per heavy atom. The van der Waals surface area contributed by atoms with E-state index in [1.165, 1.54) is 0 Å². The lowest BCUT2D eigenvalue weighted by Crippen LogP contribution is -2.05. The molecule has 0 aliphatic heterocycles. The van der Waals surface area contributed by atoms with E-state index in [4.69, 9.17) is 0 Å². The zero-order valence-electron chi connectivity index (χ0n) is 10.7. The number of anilines is 3. The van der Waals surface area contributed by atoms with Crippen LogP contribution in [0.4, 0.5) is 17.3 Å². The molecule has 18 heavy (non-hydrogen) atoms. The van der Waals surface area contributed by atoms with Crippen molar-refractivity contribution in [2.75, 3.05) is 17.2 Å². The van der Waals surface area contributed by atoms with Crippen molar-refractivity contribution in [3.8, 4) is 0 Å². The second-order valence-electron chi connectivity index (χ2n) is 3.97. The van der Waals surface area contributed by atoms with Crippen molar-refractivity contribution in [1.82, 2.24) is 9.97 Å². The predicted molar refractivity (Wildman–Crippen MR) is 77.8 cm³/mol. The molecule has 0 amide bonds. The quantitative estimate of drug-likeness (QED) is 0.834. The number of rotatable bonds is 6. The number of thiophene rings is 1. The summed E-state index contributed by atoms with van der Waals surface area (Å²) in [5.41, 5.74) is 1.07. The summed E-state index contributed by atoms with van der Waals surface area (Å²) in [4.78, 5) is 9.01. The van der Waals surface area contributed by atoms with Crippen molar-refractivity contribution < 1.29 is 0 Å². The topological polar surface area (TPSA) is 49.8 Å². The molecule has 0 fully saturated rings. The maximum atomic E-state index is 4.52. The number of hydrogen-bond acceptors (Lipinski definition) is 5. The summed E-state index contributed by atoms with van der Waals surface area (Å²) >= 11 is 1.67.